The van der Waals surface area contributed by atoms with E-state index in [4.69, 9.17) is 4.74 Å². The van der Waals surface area contributed by atoms with Crippen molar-refractivity contribution in [3.05, 3.63) is 29.3 Å². The monoisotopic (exact) mass is 189 g/mol. The summed E-state index contributed by atoms with van der Waals surface area (Å²) in [6.45, 7) is 4.15. The molecule has 1 N–H and O–H groups in total. The molecular weight excluding hydrogens is 174 g/mol. The summed E-state index contributed by atoms with van der Waals surface area (Å²) in [7, 11) is 0. The molecule has 2 heterocycles. The Morgan fingerprint density at radius 2 is 2.36 bits per heavy atom. The van der Waals surface area contributed by atoms with Gasteiger partial charge < -0.3 is 10.1 Å². The van der Waals surface area contributed by atoms with Crippen LogP contribution in [0.4, 0.5) is 0 Å². The molecule has 0 amide bonds. The third-order valence-electron chi connectivity index (χ3n) is 3.30. The van der Waals surface area contributed by atoms with Gasteiger partial charge in [-0.15, -0.1) is 0 Å². The topological polar surface area (TPSA) is 21.3 Å². The fourth-order valence-corrected chi connectivity index (χ4v) is 2.54. The Balaban J connectivity index is 2.07. The summed E-state index contributed by atoms with van der Waals surface area (Å²) in [6, 6.07) is 7.01. The SMILES string of the molecule is Cc1ccc2c(c1)C1NCCC1CO2. The van der Waals surface area contributed by atoms with E-state index in [9.17, 15) is 0 Å². The maximum absolute atomic E-state index is 5.75. The minimum absolute atomic E-state index is 0.540. The van der Waals surface area contributed by atoms with E-state index in [0.717, 1.165) is 18.9 Å². The number of benzene rings is 1. The lowest BCUT2D eigenvalue weighted by Gasteiger charge is -2.28. The summed E-state index contributed by atoms with van der Waals surface area (Å²) in [6.07, 6.45) is 1.25. The van der Waals surface area contributed by atoms with Gasteiger partial charge in [-0.3, -0.25) is 0 Å². The van der Waals surface area contributed by atoms with Crippen LogP contribution in [-0.2, 0) is 0 Å². The number of hydrogen-bond donors (Lipinski definition) is 1. The first-order valence-corrected chi connectivity index (χ1v) is 5.31. The average Bonchev–Trinajstić information content (AvgIpc) is 2.65. The Kier molecular flexibility index (Phi) is 1.77. The van der Waals surface area contributed by atoms with Crippen molar-refractivity contribution in [1.82, 2.24) is 5.32 Å². The molecule has 2 atom stereocenters. The molecule has 1 aromatic carbocycles. The Hall–Kier alpha value is -1.02. The van der Waals surface area contributed by atoms with E-state index in [2.05, 4.69) is 30.4 Å². The van der Waals surface area contributed by atoms with Gasteiger partial charge in [0.05, 0.1) is 6.61 Å². The Labute approximate surface area is 84.3 Å². The lowest BCUT2D eigenvalue weighted by molar-refractivity contribution is 0.205. The van der Waals surface area contributed by atoms with Crippen LogP contribution in [0.1, 0.15) is 23.6 Å². The van der Waals surface area contributed by atoms with Gasteiger partial charge in [0, 0.05) is 17.5 Å². The predicted molar refractivity (Wildman–Crippen MR) is 55.5 cm³/mol. The normalized spacial score (nSPS) is 29.2. The van der Waals surface area contributed by atoms with Crippen LogP contribution in [0.25, 0.3) is 0 Å². The molecule has 2 aliphatic rings. The fraction of sp³-hybridized carbons (Fsp3) is 0.500. The number of hydrogen-bond acceptors (Lipinski definition) is 2. The molecule has 2 nitrogen and oxygen atoms in total. The van der Waals surface area contributed by atoms with Gasteiger partial charge in [-0.25, -0.2) is 0 Å². The van der Waals surface area contributed by atoms with Crippen molar-refractivity contribution < 1.29 is 4.74 Å². The molecule has 0 saturated carbocycles. The third kappa shape index (κ3) is 1.14. The number of aryl methyl sites for hydroxylation is 1. The first-order chi connectivity index (χ1) is 6.84. The molecule has 0 aromatic heterocycles. The highest BCUT2D eigenvalue weighted by atomic mass is 16.5. The van der Waals surface area contributed by atoms with Crippen molar-refractivity contribution in [3.8, 4) is 5.75 Å². The molecule has 3 rings (SSSR count). The first-order valence-electron chi connectivity index (χ1n) is 5.31. The molecule has 2 aliphatic heterocycles. The highest BCUT2D eigenvalue weighted by Crippen LogP contribution is 2.39. The molecule has 14 heavy (non-hydrogen) atoms. The van der Waals surface area contributed by atoms with Gasteiger partial charge in [0.2, 0.25) is 0 Å². The molecule has 0 aliphatic carbocycles. The zero-order valence-corrected chi connectivity index (χ0v) is 8.42. The molecule has 2 unspecified atom stereocenters. The van der Waals surface area contributed by atoms with Gasteiger partial charge in [0.1, 0.15) is 5.75 Å². The lowest BCUT2D eigenvalue weighted by Crippen LogP contribution is -2.27. The maximum Gasteiger partial charge on any atom is 0.124 e. The summed E-state index contributed by atoms with van der Waals surface area (Å²) in [5.41, 5.74) is 2.68. The van der Waals surface area contributed by atoms with Gasteiger partial charge in [-0.05, 0) is 26.0 Å². The molecule has 0 spiro atoms. The van der Waals surface area contributed by atoms with Gasteiger partial charge in [-0.1, -0.05) is 17.7 Å². The minimum atomic E-state index is 0.540. The highest BCUT2D eigenvalue weighted by molar-refractivity contribution is 5.41. The summed E-state index contributed by atoms with van der Waals surface area (Å²) in [4.78, 5) is 0. The molecule has 1 saturated heterocycles. The van der Waals surface area contributed by atoms with Crippen LogP contribution in [-0.4, -0.2) is 13.2 Å². The average molecular weight is 189 g/mol. The van der Waals surface area contributed by atoms with Crippen molar-refractivity contribution in [3.63, 3.8) is 0 Å². The van der Waals surface area contributed by atoms with Crippen LogP contribution in [0.3, 0.4) is 0 Å². The molecule has 0 bridgehead atoms. The van der Waals surface area contributed by atoms with E-state index < -0.39 is 0 Å². The molecule has 1 aromatic rings. The summed E-state index contributed by atoms with van der Waals surface area (Å²) < 4.78 is 5.75. The van der Waals surface area contributed by atoms with E-state index in [1.165, 1.54) is 17.5 Å². The van der Waals surface area contributed by atoms with Crippen LogP contribution in [0.2, 0.25) is 0 Å². The maximum atomic E-state index is 5.75. The Morgan fingerprint density at radius 3 is 3.29 bits per heavy atom. The first kappa shape index (κ1) is 8.30. The van der Waals surface area contributed by atoms with Crippen LogP contribution < -0.4 is 10.1 Å². The second-order valence-electron chi connectivity index (χ2n) is 4.33. The van der Waals surface area contributed by atoms with Gasteiger partial charge in [0.15, 0.2) is 0 Å². The number of rotatable bonds is 0. The molecule has 0 radical (unpaired) electrons. The second-order valence-corrected chi connectivity index (χ2v) is 4.33. The zero-order valence-electron chi connectivity index (χ0n) is 8.42. The fourth-order valence-electron chi connectivity index (χ4n) is 2.54. The summed E-state index contributed by atoms with van der Waals surface area (Å²) in [5, 5.41) is 3.56. The van der Waals surface area contributed by atoms with Crippen LogP contribution >= 0.6 is 0 Å². The van der Waals surface area contributed by atoms with Crippen LogP contribution in [0.5, 0.6) is 5.75 Å². The van der Waals surface area contributed by atoms with Crippen molar-refractivity contribution in [2.45, 2.75) is 19.4 Å². The van der Waals surface area contributed by atoms with Crippen molar-refractivity contribution in [2.24, 2.45) is 5.92 Å². The quantitative estimate of drug-likeness (QED) is 0.674. The van der Waals surface area contributed by atoms with Crippen molar-refractivity contribution in [2.75, 3.05) is 13.2 Å². The van der Waals surface area contributed by atoms with E-state index in [-0.39, 0.29) is 0 Å². The highest BCUT2D eigenvalue weighted by Gasteiger charge is 2.34. The lowest BCUT2D eigenvalue weighted by atomic mass is 9.91. The number of fused-ring (bicyclic) bond motifs is 3. The second kappa shape index (κ2) is 2.99. The standard InChI is InChI=1S/C12H15NO/c1-8-2-3-11-10(6-8)12-9(7-14-11)4-5-13-12/h2-3,6,9,12-13H,4-5,7H2,1H3. The van der Waals surface area contributed by atoms with Crippen molar-refractivity contribution >= 4 is 0 Å². The van der Waals surface area contributed by atoms with E-state index in [1.54, 1.807) is 0 Å². The van der Waals surface area contributed by atoms with E-state index >= 15 is 0 Å². The molecule has 2 heteroatoms. The largest absolute Gasteiger partial charge is 0.493 e. The number of ether oxygens (including phenoxy) is 1. The van der Waals surface area contributed by atoms with Crippen LogP contribution in [0, 0.1) is 12.8 Å². The molecule has 1 fully saturated rings. The van der Waals surface area contributed by atoms with Crippen molar-refractivity contribution in [1.29, 1.82) is 0 Å². The minimum Gasteiger partial charge on any atom is -0.493 e. The smallest absolute Gasteiger partial charge is 0.124 e. The molecule has 74 valence electrons. The predicted octanol–water partition coefficient (Wildman–Crippen LogP) is 2.04. The Bertz CT molecular complexity index is 361. The van der Waals surface area contributed by atoms with Gasteiger partial charge in [-0.2, -0.15) is 0 Å². The van der Waals surface area contributed by atoms with Gasteiger partial charge >= 0.3 is 0 Å². The summed E-state index contributed by atoms with van der Waals surface area (Å²) >= 11 is 0. The number of nitrogens with one attached hydrogen (secondary N) is 1. The summed E-state index contributed by atoms with van der Waals surface area (Å²) in [5.74, 6) is 1.76. The van der Waals surface area contributed by atoms with E-state index in [0.29, 0.717) is 12.0 Å². The van der Waals surface area contributed by atoms with Crippen LogP contribution in [0.15, 0.2) is 18.2 Å². The Morgan fingerprint density at radius 1 is 1.43 bits per heavy atom. The zero-order chi connectivity index (χ0) is 9.54. The molecular formula is C12H15NO. The third-order valence-corrected chi connectivity index (χ3v) is 3.30. The van der Waals surface area contributed by atoms with E-state index in [1.807, 2.05) is 0 Å². The van der Waals surface area contributed by atoms with Gasteiger partial charge in [0.25, 0.3) is 0 Å².